The number of thiophene rings is 1. The number of nitrogens with zero attached hydrogens (tertiary/aromatic N) is 2. The number of benzene rings is 2. The van der Waals surface area contributed by atoms with E-state index >= 15 is 0 Å². The van der Waals surface area contributed by atoms with Gasteiger partial charge in [0.1, 0.15) is 10.4 Å². The first-order valence-corrected chi connectivity index (χ1v) is 12.6. The molecule has 4 aromatic rings. The van der Waals surface area contributed by atoms with Gasteiger partial charge in [0.15, 0.2) is 0 Å². The highest BCUT2D eigenvalue weighted by Crippen LogP contribution is 2.25. The van der Waals surface area contributed by atoms with E-state index in [2.05, 4.69) is 5.32 Å². The molecule has 0 bridgehead atoms. The van der Waals surface area contributed by atoms with E-state index in [1.54, 1.807) is 30.5 Å². The second kappa shape index (κ2) is 10.9. The maximum Gasteiger partial charge on any atom is 0.257 e. The summed E-state index contributed by atoms with van der Waals surface area (Å²) in [5, 5.41) is 15.1. The molecule has 6 nitrogen and oxygen atoms in total. The molecule has 35 heavy (non-hydrogen) atoms. The van der Waals surface area contributed by atoms with E-state index in [-0.39, 0.29) is 11.0 Å². The largest absolute Gasteiger partial charge is 0.387 e. The number of hydrogen-bond acceptors (Lipinski definition) is 5. The number of carbonyl (C=O) groups excluding carboxylic acids is 1. The minimum Gasteiger partial charge on any atom is -0.387 e. The predicted molar refractivity (Wildman–Crippen MR) is 142 cm³/mol. The van der Waals surface area contributed by atoms with E-state index in [4.69, 9.17) is 23.2 Å². The fraction of sp³-hybridized carbons (Fsp3) is 0.231. The molecule has 4 rings (SSSR count). The van der Waals surface area contributed by atoms with Gasteiger partial charge in [-0.25, -0.2) is 0 Å². The number of aromatic nitrogens is 1. The zero-order valence-corrected chi connectivity index (χ0v) is 21.6. The summed E-state index contributed by atoms with van der Waals surface area (Å²) >= 11 is 13.4. The number of rotatable bonds is 8. The number of halogens is 2. The van der Waals surface area contributed by atoms with Gasteiger partial charge in [-0.15, -0.1) is 11.3 Å². The van der Waals surface area contributed by atoms with E-state index in [0.717, 1.165) is 20.8 Å². The minimum atomic E-state index is -0.685. The SMILES string of the molecule is CN(Cc1cc2c(=O)c(C(=O)NCc3ccc(Cl)cc3)cn(C)c2s1)CC(O)c1cccc(Cl)c1. The topological polar surface area (TPSA) is 74.6 Å². The molecule has 1 unspecified atom stereocenters. The van der Waals surface area contributed by atoms with Gasteiger partial charge in [0.05, 0.1) is 11.5 Å². The van der Waals surface area contributed by atoms with Gasteiger partial charge in [-0.2, -0.15) is 0 Å². The molecule has 2 aromatic carbocycles. The fourth-order valence-electron chi connectivity index (χ4n) is 3.88. The van der Waals surface area contributed by atoms with Gasteiger partial charge in [0.25, 0.3) is 5.91 Å². The van der Waals surface area contributed by atoms with Gasteiger partial charge in [-0.3, -0.25) is 14.5 Å². The molecule has 9 heteroatoms. The van der Waals surface area contributed by atoms with Crippen LogP contribution in [0, 0.1) is 0 Å². The van der Waals surface area contributed by atoms with Crippen LogP contribution in [-0.4, -0.2) is 34.1 Å². The first kappa shape index (κ1) is 25.4. The van der Waals surface area contributed by atoms with Crippen molar-refractivity contribution in [2.45, 2.75) is 19.2 Å². The third-order valence-electron chi connectivity index (χ3n) is 5.65. The summed E-state index contributed by atoms with van der Waals surface area (Å²) in [5.74, 6) is -0.419. The normalized spacial score (nSPS) is 12.3. The standard InChI is InChI=1S/C26H25Cl2N3O3S/c1-30(15-23(32)17-4-3-5-19(28)10-17)13-20-11-21-24(33)22(14-31(2)26(21)35-20)25(34)29-12-16-6-8-18(27)9-7-16/h3-11,14,23,32H,12-13,15H2,1-2H3,(H,29,34). The fourth-order valence-corrected chi connectivity index (χ4v) is 5.37. The monoisotopic (exact) mass is 529 g/mol. The molecule has 0 saturated carbocycles. The van der Waals surface area contributed by atoms with E-state index < -0.39 is 12.0 Å². The second-order valence-corrected chi connectivity index (χ2v) is 10.5. The molecule has 2 N–H and O–H groups in total. The summed E-state index contributed by atoms with van der Waals surface area (Å²) < 4.78 is 1.81. The Bertz CT molecular complexity index is 1420. The van der Waals surface area contributed by atoms with Crippen LogP contribution in [0.1, 0.15) is 32.5 Å². The van der Waals surface area contributed by atoms with Crippen LogP contribution in [-0.2, 0) is 20.1 Å². The third kappa shape index (κ3) is 6.12. The maximum atomic E-state index is 13.1. The summed E-state index contributed by atoms with van der Waals surface area (Å²) in [6.45, 7) is 1.25. The minimum absolute atomic E-state index is 0.100. The summed E-state index contributed by atoms with van der Waals surface area (Å²) in [4.78, 5) is 29.6. The molecular weight excluding hydrogens is 505 g/mol. The molecule has 2 aromatic heterocycles. The number of aryl methyl sites for hydroxylation is 1. The summed E-state index contributed by atoms with van der Waals surface area (Å²) in [6.07, 6.45) is 0.893. The zero-order valence-electron chi connectivity index (χ0n) is 19.3. The van der Waals surface area contributed by atoms with Crippen molar-refractivity contribution in [2.75, 3.05) is 13.6 Å². The van der Waals surface area contributed by atoms with Gasteiger partial charge >= 0.3 is 0 Å². The lowest BCUT2D eigenvalue weighted by Crippen LogP contribution is -2.29. The Morgan fingerprint density at radius 1 is 1.14 bits per heavy atom. The van der Waals surface area contributed by atoms with E-state index in [9.17, 15) is 14.7 Å². The molecule has 0 fully saturated rings. The van der Waals surface area contributed by atoms with Gasteiger partial charge in [0, 0.05) is 47.8 Å². The van der Waals surface area contributed by atoms with Crippen LogP contribution in [0.3, 0.4) is 0 Å². The van der Waals surface area contributed by atoms with Gasteiger partial charge < -0.3 is 15.0 Å². The number of nitrogens with one attached hydrogen (secondary N) is 1. The van der Waals surface area contributed by atoms with Gasteiger partial charge in [-0.05, 0) is 48.5 Å². The van der Waals surface area contributed by atoms with E-state index in [1.807, 2.05) is 53.9 Å². The highest BCUT2D eigenvalue weighted by Gasteiger charge is 2.18. The van der Waals surface area contributed by atoms with Crippen molar-refractivity contribution in [1.82, 2.24) is 14.8 Å². The molecule has 1 atom stereocenters. The van der Waals surface area contributed by atoms with Crippen LogP contribution in [0.2, 0.25) is 10.0 Å². The van der Waals surface area contributed by atoms with Crippen molar-refractivity contribution in [1.29, 1.82) is 0 Å². The number of fused-ring (bicyclic) bond motifs is 1. The van der Waals surface area contributed by atoms with Crippen LogP contribution in [0.15, 0.2) is 65.6 Å². The number of likely N-dealkylation sites (N-methyl/N-ethyl adjacent to an activating group) is 1. The lowest BCUT2D eigenvalue weighted by molar-refractivity contribution is 0.0949. The first-order chi connectivity index (χ1) is 16.7. The summed E-state index contributed by atoms with van der Waals surface area (Å²) in [6, 6.07) is 16.2. The average Bonchev–Trinajstić information content (AvgIpc) is 3.25. The Labute approximate surface area is 217 Å². The Morgan fingerprint density at radius 3 is 2.60 bits per heavy atom. The number of pyridine rings is 1. The summed E-state index contributed by atoms with van der Waals surface area (Å²) in [5.41, 5.74) is 1.45. The van der Waals surface area contributed by atoms with Gasteiger partial charge in [0.2, 0.25) is 5.43 Å². The van der Waals surface area contributed by atoms with Crippen LogP contribution in [0.25, 0.3) is 10.2 Å². The molecule has 0 radical (unpaired) electrons. The molecular formula is C26H25Cl2N3O3S. The highest BCUT2D eigenvalue weighted by molar-refractivity contribution is 7.18. The Hall–Kier alpha value is -2.68. The molecule has 0 spiro atoms. The number of hydrogen-bond donors (Lipinski definition) is 2. The van der Waals surface area contributed by atoms with Crippen molar-refractivity contribution in [3.05, 3.63) is 103 Å². The Morgan fingerprint density at radius 2 is 1.89 bits per heavy atom. The van der Waals surface area contributed by atoms with Crippen molar-refractivity contribution in [2.24, 2.45) is 7.05 Å². The quantitative estimate of drug-likeness (QED) is 0.336. The van der Waals surface area contributed by atoms with Crippen LogP contribution >= 0.6 is 34.5 Å². The Balaban J connectivity index is 1.48. The van der Waals surface area contributed by atoms with Crippen LogP contribution in [0.5, 0.6) is 0 Å². The van der Waals surface area contributed by atoms with Gasteiger partial charge in [-0.1, -0.05) is 47.5 Å². The van der Waals surface area contributed by atoms with Crippen molar-refractivity contribution >= 4 is 50.7 Å². The third-order valence-corrected chi connectivity index (χ3v) is 7.35. The lowest BCUT2D eigenvalue weighted by Gasteiger charge is -2.20. The molecule has 0 saturated heterocycles. The molecule has 182 valence electrons. The van der Waals surface area contributed by atoms with Crippen molar-refractivity contribution in [3.63, 3.8) is 0 Å². The number of carbonyl (C=O) groups is 1. The Kier molecular flexibility index (Phi) is 7.94. The molecule has 1 amide bonds. The van der Waals surface area contributed by atoms with Crippen molar-refractivity contribution in [3.8, 4) is 0 Å². The number of aliphatic hydroxyl groups excluding tert-OH is 1. The smallest absolute Gasteiger partial charge is 0.257 e. The molecule has 0 aliphatic carbocycles. The first-order valence-electron chi connectivity index (χ1n) is 11.0. The molecule has 0 aliphatic heterocycles. The lowest BCUT2D eigenvalue weighted by atomic mass is 10.1. The molecule has 0 aliphatic rings. The molecule has 2 heterocycles. The average molecular weight is 530 g/mol. The highest BCUT2D eigenvalue weighted by atomic mass is 35.5. The number of aliphatic hydroxyl groups is 1. The second-order valence-electron chi connectivity index (χ2n) is 8.49. The zero-order chi connectivity index (χ0) is 25.1. The summed E-state index contributed by atoms with van der Waals surface area (Å²) in [7, 11) is 3.73. The van der Waals surface area contributed by atoms with E-state index in [0.29, 0.717) is 35.1 Å². The van der Waals surface area contributed by atoms with E-state index in [1.165, 1.54) is 11.3 Å². The predicted octanol–water partition coefficient (Wildman–Crippen LogP) is 5.00. The van der Waals surface area contributed by atoms with Crippen LogP contribution in [0.4, 0.5) is 0 Å². The van der Waals surface area contributed by atoms with Crippen molar-refractivity contribution < 1.29 is 9.90 Å². The number of amides is 1. The van der Waals surface area contributed by atoms with Crippen LogP contribution < -0.4 is 10.7 Å². The maximum absolute atomic E-state index is 13.1.